The van der Waals surface area contributed by atoms with Crippen LogP contribution in [0.4, 0.5) is 5.69 Å². The number of ether oxygens (including phenoxy) is 1. The SMILES string of the molecule is CC(C)Oc1ccc(Br)cc1C(=O)NC(=S)Nc1cccc(C(=O)N2CCN(C)CC2)c1. The molecule has 0 atom stereocenters. The van der Waals surface area contributed by atoms with Crippen molar-refractivity contribution in [1.82, 2.24) is 15.1 Å². The zero-order chi connectivity index (χ0) is 23.3. The fourth-order valence-corrected chi connectivity index (χ4v) is 3.86. The first-order valence-corrected chi connectivity index (χ1v) is 11.6. The average Bonchev–Trinajstić information content (AvgIpc) is 2.74. The number of hydrogen-bond donors (Lipinski definition) is 2. The molecule has 0 unspecified atom stereocenters. The quantitative estimate of drug-likeness (QED) is 0.587. The van der Waals surface area contributed by atoms with Gasteiger partial charge in [-0.25, -0.2) is 0 Å². The van der Waals surface area contributed by atoms with Crippen LogP contribution in [0.15, 0.2) is 46.9 Å². The van der Waals surface area contributed by atoms with Gasteiger partial charge in [0.2, 0.25) is 0 Å². The summed E-state index contributed by atoms with van der Waals surface area (Å²) in [5, 5.41) is 5.81. The Kier molecular flexibility index (Phi) is 8.22. The van der Waals surface area contributed by atoms with Gasteiger partial charge in [-0.3, -0.25) is 14.9 Å². The van der Waals surface area contributed by atoms with E-state index in [0.29, 0.717) is 35.7 Å². The number of benzene rings is 2. The van der Waals surface area contributed by atoms with Gasteiger partial charge in [0, 0.05) is 41.9 Å². The molecule has 1 aliphatic heterocycles. The molecule has 2 aromatic rings. The molecule has 1 fully saturated rings. The van der Waals surface area contributed by atoms with Crippen LogP contribution < -0.4 is 15.4 Å². The van der Waals surface area contributed by atoms with E-state index in [9.17, 15) is 9.59 Å². The molecule has 0 aliphatic carbocycles. The van der Waals surface area contributed by atoms with E-state index in [4.69, 9.17) is 17.0 Å². The maximum absolute atomic E-state index is 12.8. The number of halogens is 1. The molecule has 1 heterocycles. The van der Waals surface area contributed by atoms with Crippen molar-refractivity contribution in [2.75, 3.05) is 38.5 Å². The number of hydrogen-bond acceptors (Lipinski definition) is 5. The molecule has 1 aliphatic rings. The highest BCUT2D eigenvalue weighted by Gasteiger charge is 2.21. The topological polar surface area (TPSA) is 73.9 Å². The zero-order valence-electron chi connectivity index (χ0n) is 18.4. The summed E-state index contributed by atoms with van der Waals surface area (Å²) in [4.78, 5) is 29.7. The van der Waals surface area contributed by atoms with Crippen molar-refractivity contribution in [3.8, 4) is 5.75 Å². The number of likely N-dealkylation sites (N-methyl/N-ethyl adjacent to an activating group) is 1. The van der Waals surface area contributed by atoms with Crippen molar-refractivity contribution in [2.45, 2.75) is 20.0 Å². The van der Waals surface area contributed by atoms with E-state index in [1.165, 1.54) is 0 Å². The number of nitrogens with one attached hydrogen (secondary N) is 2. The Morgan fingerprint density at radius 3 is 2.50 bits per heavy atom. The van der Waals surface area contributed by atoms with Gasteiger partial charge in [0.1, 0.15) is 5.75 Å². The molecule has 0 saturated carbocycles. The highest BCUT2D eigenvalue weighted by molar-refractivity contribution is 9.10. The molecule has 3 rings (SSSR count). The van der Waals surface area contributed by atoms with Crippen molar-refractivity contribution in [3.63, 3.8) is 0 Å². The molecule has 0 aromatic heterocycles. The largest absolute Gasteiger partial charge is 0.490 e. The predicted molar refractivity (Wildman–Crippen MR) is 133 cm³/mol. The number of thiocarbonyl (C=S) groups is 1. The van der Waals surface area contributed by atoms with Gasteiger partial charge in [-0.15, -0.1) is 0 Å². The Balaban J connectivity index is 1.65. The first-order valence-electron chi connectivity index (χ1n) is 10.4. The van der Waals surface area contributed by atoms with Crippen molar-refractivity contribution >= 4 is 50.8 Å². The fraction of sp³-hybridized carbons (Fsp3) is 0.348. The average molecular weight is 519 g/mol. The highest BCUT2D eigenvalue weighted by atomic mass is 79.9. The van der Waals surface area contributed by atoms with Gasteiger partial charge in [0.05, 0.1) is 11.7 Å². The van der Waals surface area contributed by atoms with Crippen LogP contribution in [0.3, 0.4) is 0 Å². The van der Waals surface area contributed by atoms with E-state index in [1.807, 2.05) is 31.9 Å². The van der Waals surface area contributed by atoms with Crippen LogP contribution in [0.5, 0.6) is 5.75 Å². The Bertz CT molecular complexity index is 1010. The molecule has 0 spiro atoms. The first-order chi connectivity index (χ1) is 15.2. The molecule has 2 aromatic carbocycles. The Morgan fingerprint density at radius 2 is 1.81 bits per heavy atom. The molecule has 32 heavy (non-hydrogen) atoms. The Labute approximate surface area is 202 Å². The molecular formula is C23H27BrN4O3S. The summed E-state index contributed by atoms with van der Waals surface area (Å²) in [6.07, 6.45) is -0.0756. The molecule has 2 amide bonds. The summed E-state index contributed by atoms with van der Waals surface area (Å²) in [5.74, 6) is 0.0775. The molecule has 170 valence electrons. The molecule has 2 N–H and O–H groups in total. The van der Waals surface area contributed by atoms with E-state index >= 15 is 0 Å². The lowest BCUT2D eigenvalue weighted by molar-refractivity contribution is 0.0664. The van der Waals surface area contributed by atoms with Gasteiger partial charge in [0.25, 0.3) is 11.8 Å². The van der Waals surface area contributed by atoms with Gasteiger partial charge in [0.15, 0.2) is 5.11 Å². The number of nitrogens with zero attached hydrogens (tertiary/aromatic N) is 2. The highest BCUT2D eigenvalue weighted by Crippen LogP contribution is 2.24. The van der Waals surface area contributed by atoms with Gasteiger partial charge >= 0.3 is 0 Å². The van der Waals surface area contributed by atoms with Crippen molar-refractivity contribution < 1.29 is 14.3 Å². The van der Waals surface area contributed by atoms with Crippen LogP contribution >= 0.6 is 28.1 Å². The van der Waals surface area contributed by atoms with E-state index in [2.05, 4.69) is 31.5 Å². The maximum atomic E-state index is 12.8. The summed E-state index contributed by atoms with van der Waals surface area (Å²) in [6, 6.07) is 12.3. The number of carbonyl (C=O) groups excluding carboxylic acids is 2. The number of rotatable bonds is 5. The third kappa shape index (κ3) is 6.51. The van der Waals surface area contributed by atoms with Crippen LogP contribution in [-0.4, -0.2) is 66.1 Å². The number of carbonyl (C=O) groups is 2. The zero-order valence-corrected chi connectivity index (χ0v) is 20.8. The lowest BCUT2D eigenvalue weighted by atomic mass is 10.1. The Morgan fingerprint density at radius 1 is 1.09 bits per heavy atom. The summed E-state index contributed by atoms with van der Waals surface area (Å²) < 4.78 is 6.49. The summed E-state index contributed by atoms with van der Waals surface area (Å²) in [5.41, 5.74) is 1.58. The molecule has 7 nitrogen and oxygen atoms in total. The van der Waals surface area contributed by atoms with E-state index < -0.39 is 0 Å². The standard InChI is InChI=1S/C23H27BrN4O3S/c1-15(2)31-20-8-7-17(24)14-19(20)21(29)26-23(32)25-18-6-4-5-16(13-18)22(30)28-11-9-27(3)10-12-28/h4-8,13-15H,9-12H2,1-3H3,(H2,25,26,29,32). The van der Waals surface area contributed by atoms with Crippen LogP contribution in [0.1, 0.15) is 34.6 Å². The second kappa shape index (κ2) is 10.9. The fourth-order valence-electron chi connectivity index (χ4n) is 3.29. The molecule has 0 radical (unpaired) electrons. The summed E-state index contributed by atoms with van der Waals surface area (Å²) in [7, 11) is 2.05. The van der Waals surface area contributed by atoms with Crippen LogP contribution in [0.2, 0.25) is 0 Å². The van der Waals surface area contributed by atoms with Crippen molar-refractivity contribution in [3.05, 3.63) is 58.1 Å². The van der Waals surface area contributed by atoms with Gasteiger partial charge in [-0.1, -0.05) is 22.0 Å². The number of anilines is 1. The smallest absolute Gasteiger partial charge is 0.261 e. The summed E-state index contributed by atoms with van der Waals surface area (Å²) >= 11 is 8.71. The van der Waals surface area contributed by atoms with E-state index in [0.717, 1.165) is 17.6 Å². The van der Waals surface area contributed by atoms with E-state index in [-0.39, 0.29) is 23.0 Å². The lowest BCUT2D eigenvalue weighted by Crippen LogP contribution is -2.47. The lowest BCUT2D eigenvalue weighted by Gasteiger charge is -2.32. The van der Waals surface area contributed by atoms with Crippen LogP contribution in [-0.2, 0) is 0 Å². The van der Waals surface area contributed by atoms with Crippen molar-refractivity contribution in [1.29, 1.82) is 0 Å². The first kappa shape index (κ1) is 24.2. The third-order valence-corrected chi connectivity index (χ3v) is 5.63. The Hall–Kier alpha value is -2.49. The molecule has 1 saturated heterocycles. The molecular weight excluding hydrogens is 492 g/mol. The number of amides is 2. The van der Waals surface area contributed by atoms with Crippen molar-refractivity contribution in [2.24, 2.45) is 0 Å². The molecule has 9 heteroatoms. The van der Waals surface area contributed by atoms with Gasteiger partial charge < -0.3 is 19.9 Å². The van der Waals surface area contributed by atoms with Gasteiger partial charge in [-0.05, 0) is 69.5 Å². The van der Waals surface area contributed by atoms with Crippen LogP contribution in [0.25, 0.3) is 0 Å². The normalized spacial score (nSPS) is 14.2. The second-order valence-electron chi connectivity index (χ2n) is 7.89. The minimum absolute atomic E-state index is 0.0127. The minimum atomic E-state index is -0.385. The summed E-state index contributed by atoms with van der Waals surface area (Å²) in [6.45, 7) is 6.91. The molecule has 0 bridgehead atoms. The van der Waals surface area contributed by atoms with Gasteiger partial charge in [-0.2, -0.15) is 0 Å². The maximum Gasteiger partial charge on any atom is 0.261 e. The monoisotopic (exact) mass is 518 g/mol. The van der Waals surface area contributed by atoms with Crippen LogP contribution in [0, 0.1) is 0 Å². The third-order valence-electron chi connectivity index (χ3n) is 4.93. The number of piperazine rings is 1. The second-order valence-corrected chi connectivity index (χ2v) is 9.22. The van der Waals surface area contributed by atoms with E-state index in [1.54, 1.807) is 36.4 Å². The predicted octanol–water partition coefficient (Wildman–Crippen LogP) is 3.75. The minimum Gasteiger partial charge on any atom is -0.490 e.